The molecule has 0 amide bonds. The molecule has 0 fully saturated rings. The Hall–Kier alpha value is -15.1. The number of ketones is 2. The average Bonchev–Trinajstić information content (AvgIpc) is 1.60. The number of methoxy groups -OCH3 is 5. The minimum Gasteiger partial charge on any atom is -0.480 e. The highest BCUT2D eigenvalue weighted by Crippen LogP contribution is 2.29. The molecule has 0 saturated carbocycles. The van der Waals surface area contributed by atoms with Crippen LogP contribution in [0.15, 0.2) is 193 Å². The lowest BCUT2D eigenvalue weighted by atomic mass is 10.1. The van der Waals surface area contributed by atoms with Crippen molar-refractivity contribution >= 4 is 50.4 Å². The fourth-order valence-corrected chi connectivity index (χ4v) is 13.9. The van der Waals surface area contributed by atoms with Gasteiger partial charge in [-0.3, -0.25) is 37.7 Å². The van der Waals surface area contributed by atoms with E-state index in [4.69, 9.17) is 29.4 Å². The van der Waals surface area contributed by atoms with Gasteiger partial charge in [-0.25, -0.2) is 68.5 Å². The molecule has 15 rings (SSSR count). The number of nitrogens with two attached hydrogens (primary N) is 1. The summed E-state index contributed by atoms with van der Waals surface area (Å²) in [4.78, 5) is 113. The van der Waals surface area contributed by atoms with Crippen molar-refractivity contribution in [2.75, 3.05) is 96.8 Å². The molecule has 0 unspecified atom stereocenters. The van der Waals surface area contributed by atoms with Gasteiger partial charge in [0.25, 0.3) is 16.7 Å². The number of carbonyl (C=O) groups excluding carboxylic acids is 2. The van der Waals surface area contributed by atoms with E-state index < -0.39 is 88.3 Å². The van der Waals surface area contributed by atoms with Crippen LogP contribution >= 0.6 is 0 Å². The molecule has 127 heavy (non-hydrogen) atoms. The number of carbonyl (C=O) groups is 2. The molecule has 656 valence electrons. The van der Waals surface area contributed by atoms with Crippen molar-refractivity contribution in [2.45, 2.75) is 52.1 Å². The number of fused-ring (bicyclic) bond motifs is 3. The monoisotopic (exact) mass is 1740 g/mol. The molecule has 41 heteroatoms. The Bertz CT molecular complexity index is 6670. The maximum atomic E-state index is 14.8. The lowest BCUT2D eigenvalue weighted by molar-refractivity contribution is -0.122. The van der Waals surface area contributed by atoms with Crippen molar-refractivity contribution in [3.05, 3.63) is 306 Å². The van der Waals surface area contributed by atoms with Crippen molar-refractivity contribution in [1.82, 2.24) is 102 Å². The van der Waals surface area contributed by atoms with E-state index >= 15 is 0 Å². The van der Waals surface area contributed by atoms with Crippen LogP contribution < -0.4 is 53.7 Å². The highest BCUT2D eigenvalue weighted by Gasteiger charge is 2.31. The number of anilines is 1. The van der Waals surface area contributed by atoms with Crippen LogP contribution in [0, 0.1) is 34.9 Å². The Morgan fingerprint density at radius 1 is 0.354 bits per heavy atom. The van der Waals surface area contributed by atoms with Gasteiger partial charge in [0.1, 0.15) is 64.3 Å². The largest absolute Gasteiger partial charge is 0.480 e. The second kappa shape index (κ2) is 38.8. The summed E-state index contributed by atoms with van der Waals surface area (Å²) in [7, 11) is 17.9. The van der Waals surface area contributed by atoms with Crippen LogP contribution in [-0.4, -0.2) is 205 Å². The second-order valence-corrected chi connectivity index (χ2v) is 29.5. The van der Waals surface area contributed by atoms with E-state index in [0.29, 0.717) is 39.8 Å². The van der Waals surface area contributed by atoms with Crippen molar-refractivity contribution in [3.8, 4) is 52.2 Å². The summed E-state index contributed by atoms with van der Waals surface area (Å²) in [5, 5.41) is 37.6. The van der Waals surface area contributed by atoms with Gasteiger partial charge < -0.3 is 44.1 Å². The van der Waals surface area contributed by atoms with E-state index in [-0.39, 0.29) is 142 Å². The lowest BCUT2D eigenvalue weighted by Crippen LogP contribution is -2.40. The van der Waals surface area contributed by atoms with Crippen LogP contribution in [0.3, 0.4) is 0 Å². The maximum absolute atomic E-state index is 14.8. The number of nitrogen functional groups attached to an aromatic ring is 1. The van der Waals surface area contributed by atoms with Gasteiger partial charge in [0.05, 0.1) is 75.1 Å². The summed E-state index contributed by atoms with van der Waals surface area (Å²) in [6.07, 6.45) is 0.336. The number of nitrogens with zero attached hydrogens (tertiary/aromatic N) is 21. The zero-order valence-corrected chi connectivity index (χ0v) is 70.2. The zero-order chi connectivity index (χ0) is 90.9. The van der Waals surface area contributed by atoms with Gasteiger partial charge in [0, 0.05) is 87.3 Å². The van der Waals surface area contributed by atoms with Gasteiger partial charge in [-0.2, -0.15) is 0 Å². The van der Waals surface area contributed by atoms with Crippen LogP contribution in [0.4, 0.5) is 32.0 Å². The molecule has 0 spiro atoms. The smallest absolute Gasteiger partial charge is 0.338 e. The Kier molecular flexibility index (Phi) is 27.4. The molecular weight excluding hydrogens is 1660 g/mol. The molecule has 2 N–H and O–H groups in total. The molecule has 35 nitrogen and oxygen atoms in total. The quantitative estimate of drug-likeness (QED) is 0.0377. The molecule has 9 heterocycles. The summed E-state index contributed by atoms with van der Waals surface area (Å²) in [5.41, 5.74) is 4.57. The first-order valence-electron chi connectivity index (χ1n) is 38.7. The van der Waals surface area contributed by atoms with Gasteiger partial charge >= 0.3 is 17.1 Å². The van der Waals surface area contributed by atoms with Crippen LogP contribution in [0.25, 0.3) is 67.6 Å². The molecule has 0 aliphatic rings. The zero-order valence-electron chi connectivity index (χ0n) is 70.2. The second-order valence-electron chi connectivity index (χ2n) is 29.5. The van der Waals surface area contributed by atoms with Crippen LogP contribution in [0.5, 0.6) is 17.6 Å². The van der Waals surface area contributed by atoms with Gasteiger partial charge in [0.15, 0.2) is 46.0 Å². The number of rotatable bonds is 29. The number of ether oxygens (including phenoxy) is 5. The molecule has 0 aliphatic heterocycles. The van der Waals surface area contributed by atoms with E-state index in [2.05, 4.69) is 45.9 Å². The molecule has 0 aliphatic carbocycles. The van der Waals surface area contributed by atoms with E-state index in [1.807, 2.05) is 28.8 Å². The standard InChI is InChI=1S/2C30H29F2N7O5.C26H24F2N8O3/c2*1-36(2)16-24-27-28(35-39(24)19-10-8-18(9-11-19)14-20(40)17-43-3)37(15-21-22(31)6-5-7-23(21)32)30(42)38(29(27)41)25-12-13-26(44-4)34-33-25;1-33(2)14-20-23-24(32-36(20)16-9-7-15(29)8-10-16)34(13-17-18(27)5-4-6-19(17)28)26(38)35(25(23)37)21-11-12-22(39-3)31-30-21/h2*5-13H,14-17H2,1-4H3;4-12H,13-14,29H2,1-3H3. The Morgan fingerprint density at radius 3 is 0.843 bits per heavy atom. The minimum atomic E-state index is -0.919. The van der Waals surface area contributed by atoms with Gasteiger partial charge in [-0.15, -0.1) is 45.9 Å². The number of aromatic nitrogens is 18. The molecular formula is C86H82F6N22O13. The van der Waals surface area contributed by atoms with Crippen LogP contribution in [0.1, 0.15) is 44.9 Å². The van der Waals surface area contributed by atoms with Gasteiger partial charge in [-0.05, 0) is 157 Å². The predicted molar refractivity (Wildman–Crippen MR) is 453 cm³/mol. The Labute approximate surface area is 716 Å². The lowest BCUT2D eigenvalue weighted by Gasteiger charge is -2.14. The van der Waals surface area contributed by atoms with E-state index in [1.165, 1.54) is 104 Å². The summed E-state index contributed by atoms with van der Waals surface area (Å²) in [5.74, 6) is -5.15. The summed E-state index contributed by atoms with van der Waals surface area (Å²) >= 11 is 0. The molecule has 0 saturated heterocycles. The Morgan fingerprint density at radius 2 is 0.614 bits per heavy atom. The van der Waals surface area contributed by atoms with Crippen molar-refractivity contribution in [3.63, 3.8) is 0 Å². The van der Waals surface area contributed by atoms with Gasteiger partial charge in [0.2, 0.25) is 17.6 Å². The highest BCUT2D eigenvalue weighted by molar-refractivity contribution is 5.84. The third-order valence-electron chi connectivity index (χ3n) is 19.8. The number of halogens is 6. The third-order valence-corrected chi connectivity index (χ3v) is 19.8. The fraction of sp³-hybridized carbons (Fsp3) is 0.244. The summed E-state index contributed by atoms with van der Waals surface area (Å²) in [6, 6.07) is 39.4. The van der Waals surface area contributed by atoms with E-state index in [0.717, 1.165) is 74.9 Å². The molecule has 6 aromatic carbocycles. The SMILES string of the molecule is COCC(=O)Cc1ccc(-n2nc3c(c2CN(C)C)c(=O)n(-c2ccc(OC)nn2)c(=O)n3Cc2c(F)cccc2F)cc1.COCC(=O)Cc1ccc(-n2nc3c(c2CN(C)C)c(=O)n(-c2ccc(OC)nn2)c(=O)n3Cc2c(F)cccc2F)cc1.COc1ccc(-n2c(=O)c3c(CN(C)C)n(-c4ccc(N)cc4)nc3n(Cc3c(F)cccc3F)c2=O)nn1. The maximum Gasteiger partial charge on any atom is 0.338 e. The first-order valence-corrected chi connectivity index (χ1v) is 38.7. The predicted octanol–water partition coefficient (Wildman–Crippen LogP) is 6.67. The minimum absolute atomic E-state index is 0.00966. The summed E-state index contributed by atoms with van der Waals surface area (Å²) < 4.78 is 124. The van der Waals surface area contributed by atoms with Gasteiger partial charge in [-0.1, -0.05) is 42.5 Å². The first-order chi connectivity index (χ1) is 60.9. The number of hydrogen-bond acceptors (Lipinski definition) is 26. The van der Waals surface area contributed by atoms with E-state index in [1.54, 1.807) is 101 Å². The average molecular weight is 1750 g/mol. The molecule has 9 aromatic heterocycles. The van der Waals surface area contributed by atoms with Crippen molar-refractivity contribution in [2.24, 2.45) is 0 Å². The van der Waals surface area contributed by atoms with E-state index in [9.17, 15) is 64.7 Å². The highest BCUT2D eigenvalue weighted by atomic mass is 19.2. The molecule has 0 radical (unpaired) electrons. The van der Waals surface area contributed by atoms with Crippen LogP contribution in [-0.2, 0) is 71.2 Å². The molecule has 0 atom stereocenters. The number of hydrogen-bond donors (Lipinski definition) is 1. The molecule has 0 bridgehead atoms. The number of benzene rings is 6. The summed E-state index contributed by atoms with van der Waals surface area (Å²) in [6.45, 7) is -1.00. The van der Waals surface area contributed by atoms with Crippen molar-refractivity contribution < 1.29 is 59.6 Å². The fourth-order valence-electron chi connectivity index (χ4n) is 13.9. The number of Topliss-reactive ketones (excluding diaryl/α,β-unsaturated/α-hetero) is 2. The van der Waals surface area contributed by atoms with Crippen molar-refractivity contribution in [1.29, 1.82) is 0 Å². The topological polar surface area (TPSA) is 379 Å². The normalized spacial score (nSPS) is 11.4. The van der Waals surface area contributed by atoms with Crippen LogP contribution in [0.2, 0.25) is 0 Å². The molecule has 15 aromatic rings. The first kappa shape index (κ1) is 89.7. The Balaban J connectivity index is 0.000000163. The third kappa shape index (κ3) is 19.0.